The van der Waals surface area contributed by atoms with Gasteiger partial charge in [0.15, 0.2) is 0 Å². The van der Waals surface area contributed by atoms with Gasteiger partial charge in [0.2, 0.25) is 0 Å². The molecule has 0 aliphatic carbocycles. The van der Waals surface area contributed by atoms with E-state index >= 15 is 0 Å². The van der Waals surface area contributed by atoms with E-state index in [-0.39, 0.29) is 24.0 Å². The minimum Gasteiger partial charge on any atom is -0.442 e. The first kappa shape index (κ1) is 19.3. The summed E-state index contributed by atoms with van der Waals surface area (Å²) >= 11 is 1.35. The number of ether oxygens (including phenoxy) is 2. The summed E-state index contributed by atoms with van der Waals surface area (Å²) in [6.07, 6.45) is 0.833. The molecular formula is C16H17N3O6S. The van der Waals surface area contributed by atoms with Crippen molar-refractivity contribution in [2.24, 2.45) is 5.92 Å². The first-order chi connectivity index (χ1) is 12.4. The highest BCUT2D eigenvalue weighted by molar-refractivity contribution is 7.09. The van der Waals surface area contributed by atoms with Crippen molar-refractivity contribution >= 4 is 29.1 Å². The van der Waals surface area contributed by atoms with Gasteiger partial charge >= 0.3 is 12.1 Å². The molecule has 1 N–H and O–H groups in total. The van der Waals surface area contributed by atoms with Gasteiger partial charge in [0.25, 0.3) is 5.69 Å². The van der Waals surface area contributed by atoms with Crippen molar-refractivity contribution in [1.29, 1.82) is 0 Å². The maximum Gasteiger partial charge on any atom is 0.408 e. The molecule has 0 aliphatic heterocycles. The summed E-state index contributed by atoms with van der Waals surface area (Å²) in [6.45, 7) is 3.48. The normalized spacial score (nSPS) is 11.7. The number of carbonyl (C=O) groups is 2. The average molecular weight is 379 g/mol. The molecule has 138 valence electrons. The summed E-state index contributed by atoms with van der Waals surface area (Å²) in [6, 6.07) is 4.14. The van der Waals surface area contributed by atoms with Crippen LogP contribution in [0.1, 0.15) is 18.9 Å². The monoisotopic (exact) mass is 379 g/mol. The van der Waals surface area contributed by atoms with Gasteiger partial charge in [-0.05, 0) is 18.1 Å². The molecule has 0 radical (unpaired) electrons. The van der Waals surface area contributed by atoms with Crippen LogP contribution in [0.15, 0.2) is 35.8 Å². The van der Waals surface area contributed by atoms with E-state index in [1.54, 1.807) is 25.4 Å². The number of aromatic nitrogens is 1. The predicted molar refractivity (Wildman–Crippen MR) is 92.8 cm³/mol. The number of hydrogen-bond donors (Lipinski definition) is 1. The molecule has 1 heterocycles. The lowest BCUT2D eigenvalue weighted by molar-refractivity contribution is -0.384. The van der Waals surface area contributed by atoms with Crippen LogP contribution in [0.4, 0.5) is 10.5 Å². The second-order valence-electron chi connectivity index (χ2n) is 5.54. The summed E-state index contributed by atoms with van der Waals surface area (Å²) in [5, 5.41) is 15.5. The molecule has 10 heteroatoms. The van der Waals surface area contributed by atoms with E-state index in [0.717, 1.165) is 0 Å². The minimum absolute atomic E-state index is 0.00567. The smallest absolute Gasteiger partial charge is 0.408 e. The van der Waals surface area contributed by atoms with Crippen LogP contribution in [-0.4, -0.2) is 28.0 Å². The molecule has 1 atom stereocenters. The Kier molecular flexibility index (Phi) is 6.61. The maximum atomic E-state index is 12.3. The molecular weight excluding hydrogens is 362 g/mol. The number of thiazole rings is 1. The van der Waals surface area contributed by atoms with Crippen LogP contribution in [0, 0.1) is 16.0 Å². The number of rotatable bonds is 7. The lowest BCUT2D eigenvalue weighted by Gasteiger charge is -2.20. The first-order valence-electron chi connectivity index (χ1n) is 7.64. The van der Waals surface area contributed by atoms with Crippen LogP contribution in [0.3, 0.4) is 0 Å². The number of nitrogens with zero attached hydrogens (tertiary/aromatic N) is 2. The van der Waals surface area contributed by atoms with Crippen molar-refractivity contribution in [3.05, 3.63) is 51.0 Å². The third-order valence-corrected chi connectivity index (χ3v) is 4.02. The van der Waals surface area contributed by atoms with Gasteiger partial charge in [-0.15, -0.1) is 11.3 Å². The highest BCUT2D eigenvalue weighted by atomic mass is 32.1. The minimum atomic E-state index is -0.936. The summed E-state index contributed by atoms with van der Waals surface area (Å²) in [5.74, 6) is -0.808. The highest BCUT2D eigenvalue weighted by Crippen LogP contribution is 2.18. The van der Waals surface area contributed by atoms with E-state index in [4.69, 9.17) is 9.47 Å². The highest BCUT2D eigenvalue weighted by Gasteiger charge is 2.27. The van der Waals surface area contributed by atoms with Crippen LogP contribution < -0.4 is 10.1 Å². The molecule has 1 aromatic carbocycles. The van der Waals surface area contributed by atoms with E-state index in [1.165, 1.54) is 35.6 Å². The Morgan fingerprint density at radius 2 is 2.00 bits per heavy atom. The van der Waals surface area contributed by atoms with Crippen molar-refractivity contribution < 1.29 is 24.0 Å². The summed E-state index contributed by atoms with van der Waals surface area (Å²) in [7, 11) is 0. The third kappa shape index (κ3) is 5.52. The largest absolute Gasteiger partial charge is 0.442 e. The van der Waals surface area contributed by atoms with Gasteiger partial charge in [-0.2, -0.15) is 0 Å². The van der Waals surface area contributed by atoms with Crippen LogP contribution in [-0.2, 0) is 16.1 Å². The van der Waals surface area contributed by atoms with Gasteiger partial charge in [-0.3, -0.25) is 10.1 Å². The van der Waals surface area contributed by atoms with Crippen molar-refractivity contribution in [3.8, 4) is 5.75 Å². The molecule has 9 nitrogen and oxygen atoms in total. The standard InChI is InChI=1S/C16H17N3O6S/c1-10(2)14(18-16(21)24-9-13-17-7-8-26-13)15(20)25-12-5-3-11(4-6-12)19(22)23/h3-8,10,14H,9H2,1-2H3,(H,18,21)/t14-/m0/s1. The van der Waals surface area contributed by atoms with Crippen molar-refractivity contribution in [1.82, 2.24) is 10.3 Å². The lowest BCUT2D eigenvalue weighted by atomic mass is 10.1. The second kappa shape index (κ2) is 8.90. The first-order valence-corrected chi connectivity index (χ1v) is 8.52. The number of benzene rings is 1. The Morgan fingerprint density at radius 1 is 1.31 bits per heavy atom. The van der Waals surface area contributed by atoms with Gasteiger partial charge in [0.1, 0.15) is 23.4 Å². The van der Waals surface area contributed by atoms with Gasteiger partial charge in [0.05, 0.1) is 4.92 Å². The molecule has 0 saturated carbocycles. The fourth-order valence-corrected chi connectivity index (χ4v) is 2.46. The van der Waals surface area contributed by atoms with Crippen molar-refractivity contribution in [2.75, 3.05) is 0 Å². The zero-order valence-electron chi connectivity index (χ0n) is 14.1. The van der Waals surface area contributed by atoms with Crippen LogP contribution in [0.25, 0.3) is 0 Å². The molecule has 2 rings (SSSR count). The number of alkyl carbamates (subject to hydrolysis) is 1. The number of nitro groups is 1. The van der Waals surface area contributed by atoms with E-state index in [9.17, 15) is 19.7 Å². The van der Waals surface area contributed by atoms with Gasteiger partial charge < -0.3 is 14.8 Å². The van der Waals surface area contributed by atoms with Crippen molar-refractivity contribution in [3.63, 3.8) is 0 Å². The Hall–Kier alpha value is -3.01. The van der Waals surface area contributed by atoms with Crippen LogP contribution in [0.5, 0.6) is 5.75 Å². The molecule has 0 saturated heterocycles. The number of carbonyl (C=O) groups excluding carboxylic acids is 2. The number of hydrogen-bond acceptors (Lipinski definition) is 8. The third-order valence-electron chi connectivity index (χ3n) is 3.27. The fourth-order valence-electron chi connectivity index (χ4n) is 1.93. The molecule has 0 spiro atoms. The van der Waals surface area contributed by atoms with Gasteiger partial charge in [-0.25, -0.2) is 14.6 Å². The summed E-state index contributed by atoms with van der Waals surface area (Å²) in [4.78, 5) is 38.3. The quantitative estimate of drug-likeness (QED) is 0.340. The molecule has 26 heavy (non-hydrogen) atoms. The Morgan fingerprint density at radius 3 is 2.54 bits per heavy atom. The van der Waals surface area contributed by atoms with Crippen LogP contribution >= 0.6 is 11.3 Å². The summed E-state index contributed by atoms with van der Waals surface area (Å²) in [5.41, 5.74) is -0.117. The molecule has 0 aliphatic rings. The van der Waals surface area contributed by atoms with E-state index in [0.29, 0.717) is 5.01 Å². The van der Waals surface area contributed by atoms with E-state index in [1.807, 2.05) is 0 Å². The SMILES string of the molecule is CC(C)[C@H](NC(=O)OCc1nccs1)C(=O)Oc1ccc([N+](=O)[O-])cc1. The molecule has 2 aromatic rings. The number of nitro benzene ring substituents is 1. The van der Waals surface area contributed by atoms with Crippen LogP contribution in [0.2, 0.25) is 0 Å². The lowest BCUT2D eigenvalue weighted by Crippen LogP contribution is -2.46. The number of non-ortho nitro benzene ring substituents is 1. The zero-order valence-corrected chi connectivity index (χ0v) is 14.9. The number of esters is 1. The van der Waals surface area contributed by atoms with Gasteiger partial charge in [-0.1, -0.05) is 13.8 Å². The maximum absolute atomic E-state index is 12.3. The summed E-state index contributed by atoms with van der Waals surface area (Å²) < 4.78 is 10.2. The molecule has 0 unspecified atom stereocenters. The van der Waals surface area contributed by atoms with E-state index < -0.39 is 23.0 Å². The molecule has 1 amide bonds. The Balaban J connectivity index is 1.93. The second-order valence-corrected chi connectivity index (χ2v) is 6.52. The topological polar surface area (TPSA) is 121 Å². The number of amides is 1. The molecule has 0 fully saturated rings. The Bertz CT molecular complexity index is 761. The number of nitrogens with one attached hydrogen (secondary N) is 1. The predicted octanol–water partition coefficient (Wildman–Crippen LogP) is 2.91. The molecule has 1 aromatic heterocycles. The Labute approximate surface area is 153 Å². The van der Waals surface area contributed by atoms with E-state index in [2.05, 4.69) is 10.3 Å². The zero-order chi connectivity index (χ0) is 19.1. The van der Waals surface area contributed by atoms with Crippen molar-refractivity contribution in [2.45, 2.75) is 26.5 Å². The fraction of sp³-hybridized carbons (Fsp3) is 0.312. The molecule has 0 bridgehead atoms. The average Bonchev–Trinajstić information content (AvgIpc) is 3.11. The van der Waals surface area contributed by atoms with Gasteiger partial charge in [0, 0.05) is 23.7 Å².